The van der Waals surface area contributed by atoms with Crippen molar-refractivity contribution in [1.29, 1.82) is 0 Å². The molecule has 2 aromatic carbocycles. The van der Waals surface area contributed by atoms with Gasteiger partial charge in [0.1, 0.15) is 6.33 Å². The Hall–Kier alpha value is -1.56. The van der Waals surface area contributed by atoms with Gasteiger partial charge < -0.3 is 5.32 Å². The van der Waals surface area contributed by atoms with Crippen LogP contribution in [0.4, 0.5) is 5.95 Å². The Morgan fingerprint density at radius 1 is 1.12 bits per heavy atom. The van der Waals surface area contributed by atoms with Crippen molar-refractivity contribution in [3.8, 4) is 0 Å². The number of nitrogens with one attached hydrogen (secondary N) is 1. The molecule has 0 spiro atoms. The fraction of sp³-hybridized carbons (Fsp3) is 0.176. The van der Waals surface area contributed by atoms with E-state index in [1.165, 1.54) is 5.56 Å². The highest BCUT2D eigenvalue weighted by Gasteiger charge is 2.31. The summed E-state index contributed by atoms with van der Waals surface area (Å²) in [5.74, 6) is 0.741. The summed E-state index contributed by atoms with van der Waals surface area (Å²) in [7, 11) is 0. The SMILES string of the molecule is Clc1ccc([C@@H]2C[C@@H](c3ccc(Br)cc3)Nc3ncnn32)c(Cl)c1. The summed E-state index contributed by atoms with van der Waals surface area (Å²) in [6, 6.07) is 14.0. The summed E-state index contributed by atoms with van der Waals surface area (Å²) in [4.78, 5) is 4.34. The molecule has 0 fully saturated rings. The summed E-state index contributed by atoms with van der Waals surface area (Å²) in [5.41, 5.74) is 2.19. The number of fused-ring (bicyclic) bond motifs is 1. The number of hydrogen-bond acceptors (Lipinski definition) is 3. The van der Waals surface area contributed by atoms with E-state index in [1.807, 2.05) is 28.9 Å². The van der Waals surface area contributed by atoms with Gasteiger partial charge in [0.05, 0.1) is 12.1 Å². The van der Waals surface area contributed by atoms with Gasteiger partial charge in [0.15, 0.2) is 0 Å². The van der Waals surface area contributed by atoms with Crippen molar-refractivity contribution in [2.75, 3.05) is 5.32 Å². The Morgan fingerprint density at radius 3 is 2.67 bits per heavy atom. The molecule has 2 heterocycles. The standard InChI is InChI=1S/C17H13BrCl2N4/c18-11-3-1-10(2-4-11)15-8-16(24-17(23-15)21-9-22-24)13-6-5-12(19)7-14(13)20/h1-7,9,15-16H,8H2,(H,21,22,23)/t15-,16-/m0/s1. The Bertz CT molecular complexity index is 879. The second-order valence-electron chi connectivity index (χ2n) is 5.69. The molecule has 3 aromatic rings. The average Bonchev–Trinajstić information content (AvgIpc) is 3.03. The fourth-order valence-electron chi connectivity index (χ4n) is 3.06. The molecule has 1 aliphatic heterocycles. The van der Waals surface area contributed by atoms with Gasteiger partial charge >= 0.3 is 0 Å². The van der Waals surface area contributed by atoms with Crippen molar-refractivity contribution < 1.29 is 0 Å². The third-order valence-corrected chi connectivity index (χ3v) is 5.32. The molecule has 0 aliphatic carbocycles. The molecule has 0 saturated carbocycles. The zero-order valence-corrected chi connectivity index (χ0v) is 15.6. The lowest BCUT2D eigenvalue weighted by atomic mass is 9.93. The van der Waals surface area contributed by atoms with Crippen LogP contribution in [0.15, 0.2) is 53.3 Å². The van der Waals surface area contributed by atoms with Gasteiger partial charge in [-0.1, -0.05) is 57.3 Å². The molecule has 2 atom stereocenters. The quantitative estimate of drug-likeness (QED) is 0.592. The number of nitrogens with zero attached hydrogens (tertiary/aromatic N) is 3. The number of hydrogen-bond donors (Lipinski definition) is 1. The third kappa shape index (κ3) is 2.92. The molecular formula is C17H13BrCl2N4. The van der Waals surface area contributed by atoms with Gasteiger partial charge in [-0.3, -0.25) is 0 Å². The molecule has 0 amide bonds. The number of benzene rings is 2. The highest BCUT2D eigenvalue weighted by molar-refractivity contribution is 9.10. The van der Waals surface area contributed by atoms with Crippen molar-refractivity contribution >= 4 is 45.1 Å². The number of halogens is 3. The predicted octanol–water partition coefficient (Wildman–Crippen LogP) is 5.49. The van der Waals surface area contributed by atoms with Gasteiger partial charge in [-0.2, -0.15) is 10.1 Å². The molecule has 0 radical (unpaired) electrons. The van der Waals surface area contributed by atoms with Crippen LogP contribution >= 0.6 is 39.1 Å². The lowest BCUT2D eigenvalue weighted by Gasteiger charge is -2.32. The smallest absolute Gasteiger partial charge is 0.222 e. The van der Waals surface area contributed by atoms with Gasteiger partial charge in [0.2, 0.25) is 5.95 Å². The Morgan fingerprint density at radius 2 is 1.92 bits per heavy atom. The lowest BCUT2D eigenvalue weighted by Crippen LogP contribution is -2.28. The van der Waals surface area contributed by atoms with Crippen LogP contribution < -0.4 is 5.32 Å². The van der Waals surface area contributed by atoms with E-state index in [4.69, 9.17) is 23.2 Å². The van der Waals surface area contributed by atoms with Crippen LogP contribution in [0.1, 0.15) is 29.6 Å². The second-order valence-corrected chi connectivity index (χ2v) is 7.45. The van der Waals surface area contributed by atoms with Gasteiger partial charge in [0.25, 0.3) is 0 Å². The van der Waals surface area contributed by atoms with E-state index in [1.54, 1.807) is 12.4 Å². The lowest BCUT2D eigenvalue weighted by molar-refractivity contribution is 0.431. The van der Waals surface area contributed by atoms with E-state index in [0.29, 0.717) is 10.0 Å². The molecule has 122 valence electrons. The maximum atomic E-state index is 6.44. The highest BCUT2D eigenvalue weighted by atomic mass is 79.9. The Labute approximate surface area is 157 Å². The van der Waals surface area contributed by atoms with Gasteiger partial charge in [0, 0.05) is 14.5 Å². The third-order valence-electron chi connectivity index (χ3n) is 4.22. The molecule has 0 unspecified atom stereocenters. The van der Waals surface area contributed by atoms with E-state index in [9.17, 15) is 0 Å². The number of anilines is 1. The van der Waals surface area contributed by atoms with Crippen LogP contribution in [0.5, 0.6) is 0 Å². The zero-order chi connectivity index (χ0) is 16.7. The average molecular weight is 424 g/mol. The van der Waals surface area contributed by atoms with Gasteiger partial charge in [-0.25, -0.2) is 4.68 Å². The first kappa shape index (κ1) is 15.9. The van der Waals surface area contributed by atoms with Crippen LogP contribution in [0.2, 0.25) is 10.0 Å². The van der Waals surface area contributed by atoms with Crippen molar-refractivity contribution in [3.05, 3.63) is 74.4 Å². The molecule has 4 rings (SSSR count). The topological polar surface area (TPSA) is 42.7 Å². The summed E-state index contributed by atoms with van der Waals surface area (Å²) < 4.78 is 2.94. The summed E-state index contributed by atoms with van der Waals surface area (Å²) in [6.45, 7) is 0. The molecule has 7 heteroatoms. The van der Waals surface area contributed by atoms with E-state index >= 15 is 0 Å². The molecule has 1 N–H and O–H groups in total. The predicted molar refractivity (Wildman–Crippen MR) is 99.7 cm³/mol. The van der Waals surface area contributed by atoms with E-state index in [2.05, 4.69) is 43.5 Å². The summed E-state index contributed by atoms with van der Waals surface area (Å²) >= 11 is 16.0. The molecular weight excluding hydrogens is 411 g/mol. The van der Waals surface area contributed by atoms with Crippen LogP contribution in [0.25, 0.3) is 0 Å². The maximum absolute atomic E-state index is 6.44. The minimum Gasteiger partial charge on any atom is -0.348 e. The zero-order valence-electron chi connectivity index (χ0n) is 12.5. The van der Waals surface area contributed by atoms with Crippen LogP contribution in [-0.2, 0) is 0 Å². The first-order valence-corrected chi connectivity index (χ1v) is 9.03. The molecule has 4 nitrogen and oxygen atoms in total. The van der Waals surface area contributed by atoms with E-state index in [-0.39, 0.29) is 12.1 Å². The molecule has 0 saturated heterocycles. The number of aromatic nitrogens is 3. The highest BCUT2D eigenvalue weighted by Crippen LogP contribution is 2.40. The maximum Gasteiger partial charge on any atom is 0.222 e. The van der Waals surface area contributed by atoms with Crippen molar-refractivity contribution in [1.82, 2.24) is 14.8 Å². The van der Waals surface area contributed by atoms with Crippen LogP contribution in [0, 0.1) is 0 Å². The van der Waals surface area contributed by atoms with Crippen molar-refractivity contribution in [3.63, 3.8) is 0 Å². The largest absolute Gasteiger partial charge is 0.348 e. The first-order valence-electron chi connectivity index (χ1n) is 7.48. The monoisotopic (exact) mass is 422 g/mol. The van der Waals surface area contributed by atoms with Crippen LogP contribution in [0.3, 0.4) is 0 Å². The second kappa shape index (κ2) is 6.39. The van der Waals surface area contributed by atoms with E-state index < -0.39 is 0 Å². The Kier molecular flexibility index (Phi) is 4.24. The number of rotatable bonds is 2. The minimum atomic E-state index is 0.00200. The van der Waals surface area contributed by atoms with Crippen LogP contribution in [-0.4, -0.2) is 14.8 Å². The molecule has 1 aliphatic rings. The minimum absolute atomic E-state index is 0.00200. The summed E-state index contributed by atoms with van der Waals surface area (Å²) in [5, 5.41) is 9.08. The summed E-state index contributed by atoms with van der Waals surface area (Å²) in [6.07, 6.45) is 2.38. The molecule has 0 bridgehead atoms. The van der Waals surface area contributed by atoms with Crippen molar-refractivity contribution in [2.24, 2.45) is 0 Å². The van der Waals surface area contributed by atoms with Gasteiger partial charge in [-0.05, 0) is 41.8 Å². The molecule has 1 aromatic heterocycles. The first-order chi connectivity index (χ1) is 11.6. The fourth-order valence-corrected chi connectivity index (χ4v) is 3.86. The van der Waals surface area contributed by atoms with Gasteiger partial charge in [-0.15, -0.1) is 0 Å². The molecule has 24 heavy (non-hydrogen) atoms. The normalized spacial score (nSPS) is 19.6. The van der Waals surface area contributed by atoms with E-state index in [0.717, 1.165) is 22.4 Å². The van der Waals surface area contributed by atoms with Crippen molar-refractivity contribution in [2.45, 2.75) is 18.5 Å². The Balaban J connectivity index is 1.75.